The van der Waals surface area contributed by atoms with E-state index < -0.39 is 17.8 Å². The van der Waals surface area contributed by atoms with Gasteiger partial charge in [0.15, 0.2) is 10.8 Å². The minimum atomic E-state index is -0.715. The highest BCUT2D eigenvalue weighted by atomic mass is 79.9. The first-order chi connectivity index (χ1) is 15.4. The highest BCUT2D eigenvalue weighted by Gasteiger charge is 2.42. The third-order valence-corrected chi connectivity index (χ3v) is 6.65. The van der Waals surface area contributed by atoms with E-state index in [-0.39, 0.29) is 18.7 Å². The molecule has 2 unspecified atom stereocenters. The number of esters is 1. The number of carbonyl (C=O) groups is 2. The van der Waals surface area contributed by atoms with Crippen molar-refractivity contribution in [2.45, 2.75) is 25.4 Å². The molecule has 0 bridgehead atoms. The number of aromatic nitrogens is 1. The lowest BCUT2D eigenvalue weighted by atomic mass is 9.94. The second kappa shape index (κ2) is 9.37. The lowest BCUT2D eigenvalue weighted by Gasteiger charge is -2.31. The molecule has 1 aromatic carbocycles. The van der Waals surface area contributed by atoms with E-state index in [2.05, 4.69) is 31.5 Å². The molecule has 168 valence electrons. The van der Waals surface area contributed by atoms with Crippen LogP contribution in [-0.4, -0.2) is 54.0 Å². The Bertz CT molecular complexity index is 1100. The van der Waals surface area contributed by atoms with Gasteiger partial charge < -0.3 is 20.3 Å². The topological polar surface area (TPSA) is 95.9 Å². The van der Waals surface area contributed by atoms with Gasteiger partial charge in [-0.3, -0.25) is 4.99 Å². The molecule has 1 fully saturated rings. The fourth-order valence-corrected chi connectivity index (χ4v) is 5.08. The van der Waals surface area contributed by atoms with Gasteiger partial charge in [-0.15, -0.1) is 11.3 Å². The number of ether oxygens (including phenoxy) is 1. The average Bonchev–Trinajstić information content (AvgIpc) is 3.42. The summed E-state index contributed by atoms with van der Waals surface area (Å²) in [6.07, 6.45) is 2.10. The number of hydrogen-bond acceptors (Lipinski definition) is 7. The molecule has 0 aliphatic carbocycles. The number of amides is 2. The predicted octanol–water partition coefficient (Wildman–Crippen LogP) is 3.37. The predicted molar refractivity (Wildman–Crippen MR) is 122 cm³/mol. The SMILES string of the molecule is CCOC(=O)C1=C2CC(NC(=O)NC)CN2C(c2nccs2)=NC1c1ccc(F)cc1Br. The summed E-state index contributed by atoms with van der Waals surface area (Å²) in [5.41, 5.74) is 1.73. The smallest absolute Gasteiger partial charge is 0.338 e. The summed E-state index contributed by atoms with van der Waals surface area (Å²) < 4.78 is 19.7. The Hall–Kier alpha value is -2.79. The van der Waals surface area contributed by atoms with Crippen molar-refractivity contribution in [2.75, 3.05) is 20.2 Å². The van der Waals surface area contributed by atoms with Crippen LogP contribution in [0.3, 0.4) is 0 Å². The van der Waals surface area contributed by atoms with Crippen LogP contribution in [0.15, 0.2) is 50.5 Å². The van der Waals surface area contributed by atoms with Gasteiger partial charge in [-0.2, -0.15) is 0 Å². The Morgan fingerprint density at radius 2 is 2.22 bits per heavy atom. The normalized spacial score (nSPS) is 20.0. The molecule has 11 heteroatoms. The summed E-state index contributed by atoms with van der Waals surface area (Å²) in [5, 5.41) is 8.00. The zero-order valence-electron chi connectivity index (χ0n) is 17.4. The number of thiazole rings is 1. The molecule has 2 aliphatic rings. The minimum absolute atomic E-state index is 0.204. The van der Waals surface area contributed by atoms with Gasteiger partial charge in [-0.1, -0.05) is 22.0 Å². The van der Waals surface area contributed by atoms with E-state index in [1.54, 1.807) is 26.2 Å². The van der Waals surface area contributed by atoms with Gasteiger partial charge >= 0.3 is 12.0 Å². The monoisotopic (exact) mass is 521 g/mol. The zero-order chi connectivity index (χ0) is 22.8. The van der Waals surface area contributed by atoms with Crippen molar-refractivity contribution in [3.05, 3.63) is 61.9 Å². The number of halogens is 2. The maximum absolute atomic E-state index is 13.8. The number of nitrogens with zero attached hydrogens (tertiary/aromatic N) is 3. The summed E-state index contributed by atoms with van der Waals surface area (Å²) >= 11 is 4.85. The average molecular weight is 522 g/mol. The highest BCUT2D eigenvalue weighted by molar-refractivity contribution is 9.10. The number of carbonyl (C=O) groups excluding carboxylic acids is 2. The molecule has 2 amide bonds. The fourth-order valence-electron chi connectivity index (χ4n) is 3.87. The van der Waals surface area contributed by atoms with E-state index in [0.29, 0.717) is 45.1 Å². The summed E-state index contributed by atoms with van der Waals surface area (Å²) in [7, 11) is 1.55. The Kier molecular flexibility index (Phi) is 6.56. The lowest BCUT2D eigenvalue weighted by molar-refractivity contribution is -0.139. The van der Waals surface area contributed by atoms with E-state index in [1.807, 2.05) is 10.3 Å². The number of amidine groups is 1. The van der Waals surface area contributed by atoms with E-state index in [1.165, 1.54) is 23.5 Å². The molecule has 4 rings (SSSR count). The first kappa shape index (κ1) is 22.4. The second-order valence-corrected chi connectivity index (χ2v) is 8.92. The maximum Gasteiger partial charge on any atom is 0.338 e. The molecule has 32 heavy (non-hydrogen) atoms. The zero-order valence-corrected chi connectivity index (χ0v) is 19.8. The van der Waals surface area contributed by atoms with Crippen LogP contribution in [-0.2, 0) is 9.53 Å². The molecule has 8 nitrogen and oxygen atoms in total. The lowest BCUT2D eigenvalue weighted by Crippen LogP contribution is -2.43. The van der Waals surface area contributed by atoms with Crippen LogP contribution in [0.1, 0.15) is 30.0 Å². The van der Waals surface area contributed by atoms with Crippen LogP contribution in [0.2, 0.25) is 0 Å². The standard InChI is InChI=1S/C21H21BrFN5O3S/c1-3-31-20(29)16-15-9-12(26-21(30)24-2)10-28(15)18(19-25-6-7-32-19)27-17(16)13-5-4-11(23)8-14(13)22/h4-8,12,17H,3,9-10H2,1-2H3,(H2,24,26,30). The number of fused-ring (bicyclic) bond motifs is 1. The van der Waals surface area contributed by atoms with Crippen molar-refractivity contribution in [3.63, 3.8) is 0 Å². The molecule has 0 radical (unpaired) electrons. The van der Waals surface area contributed by atoms with E-state index in [4.69, 9.17) is 9.73 Å². The summed E-state index contributed by atoms with van der Waals surface area (Å²) in [4.78, 5) is 36.3. The summed E-state index contributed by atoms with van der Waals surface area (Å²) in [6.45, 7) is 2.37. The summed E-state index contributed by atoms with van der Waals surface area (Å²) in [5.74, 6) is -0.287. The molecule has 2 N–H and O–H groups in total. The number of hydrogen-bond donors (Lipinski definition) is 2. The number of aliphatic imine (C=N–C) groups is 1. The number of rotatable bonds is 5. The van der Waals surface area contributed by atoms with Crippen molar-refractivity contribution in [2.24, 2.45) is 4.99 Å². The van der Waals surface area contributed by atoms with Gasteiger partial charge in [0, 0.05) is 41.8 Å². The van der Waals surface area contributed by atoms with E-state index >= 15 is 0 Å². The van der Waals surface area contributed by atoms with Crippen LogP contribution in [0, 0.1) is 5.82 Å². The third-order valence-electron chi connectivity index (χ3n) is 5.20. The molecular weight excluding hydrogens is 501 g/mol. The van der Waals surface area contributed by atoms with Gasteiger partial charge in [-0.05, 0) is 24.6 Å². The quantitative estimate of drug-likeness (QED) is 0.588. The van der Waals surface area contributed by atoms with Crippen molar-refractivity contribution in [3.8, 4) is 0 Å². The molecule has 2 atom stereocenters. The number of urea groups is 1. The Labute approximate surface area is 196 Å². The number of nitrogens with one attached hydrogen (secondary N) is 2. The van der Waals surface area contributed by atoms with Crippen LogP contribution in [0.4, 0.5) is 9.18 Å². The molecular formula is C21H21BrFN5O3S. The van der Waals surface area contributed by atoms with Crippen LogP contribution in [0.5, 0.6) is 0 Å². The van der Waals surface area contributed by atoms with Crippen molar-refractivity contribution >= 4 is 45.1 Å². The fraction of sp³-hybridized carbons (Fsp3) is 0.333. The van der Waals surface area contributed by atoms with Gasteiger partial charge in [0.2, 0.25) is 0 Å². The highest BCUT2D eigenvalue weighted by Crippen LogP contribution is 2.42. The second-order valence-electron chi connectivity index (χ2n) is 7.17. The van der Waals surface area contributed by atoms with Crippen molar-refractivity contribution < 1.29 is 18.7 Å². The maximum atomic E-state index is 13.8. The van der Waals surface area contributed by atoms with Crippen LogP contribution >= 0.6 is 27.3 Å². The molecule has 0 spiro atoms. The largest absolute Gasteiger partial charge is 0.463 e. The molecule has 1 aromatic heterocycles. The van der Waals surface area contributed by atoms with Gasteiger partial charge in [0.05, 0.1) is 18.2 Å². The molecule has 1 saturated heterocycles. The minimum Gasteiger partial charge on any atom is -0.463 e. The van der Waals surface area contributed by atoms with E-state index in [9.17, 15) is 14.0 Å². The van der Waals surface area contributed by atoms with Crippen LogP contribution < -0.4 is 10.6 Å². The molecule has 0 saturated carbocycles. The van der Waals surface area contributed by atoms with Crippen molar-refractivity contribution in [1.29, 1.82) is 0 Å². The third kappa shape index (κ3) is 4.26. The van der Waals surface area contributed by atoms with Crippen LogP contribution in [0.25, 0.3) is 0 Å². The van der Waals surface area contributed by atoms with Gasteiger partial charge in [0.1, 0.15) is 11.9 Å². The Balaban J connectivity index is 1.86. The van der Waals surface area contributed by atoms with Gasteiger partial charge in [0.25, 0.3) is 0 Å². The van der Waals surface area contributed by atoms with Gasteiger partial charge in [-0.25, -0.2) is 19.0 Å². The first-order valence-corrected chi connectivity index (χ1v) is 11.7. The Morgan fingerprint density at radius 3 is 2.88 bits per heavy atom. The molecule has 3 heterocycles. The summed E-state index contributed by atoms with van der Waals surface area (Å²) in [6, 6.07) is 3.03. The molecule has 2 aliphatic heterocycles. The Morgan fingerprint density at radius 1 is 1.41 bits per heavy atom. The first-order valence-electron chi connectivity index (χ1n) is 10.0. The molecule has 2 aromatic rings. The number of benzene rings is 1. The van der Waals surface area contributed by atoms with E-state index in [0.717, 1.165) is 0 Å². The van der Waals surface area contributed by atoms with Crippen molar-refractivity contribution in [1.82, 2.24) is 20.5 Å².